The molecule has 0 spiro atoms. The number of carbonyl (C=O) groups excluding carboxylic acids is 3. The van der Waals surface area contributed by atoms with E-state index in [1.807, 2.05) is 37.3 Å². The number of phenols is 1. The van der Waals surface area contributed by atoms with Crippen molar-refractivity contribution in [2.24, 2.45) is 0 Å². The molecule has 0 radical (unpaired) electrons. The smallest absolute Gasteiger partial charge is 0.272 e. The number of rotatable bonds is 10. The largest absolute Gasteiger partial charge is 0.508 e. The number of benzene rings is 4. The number of ketones is 1. The summed E-state index contributed by atoms with van der Waals surface area (Å²) in [6.45, 7) is 1.97. The van der Waals surface area contributed by atoms with Crippen molar-refractivity contribution in [1.82, 2.24) is 5.32 Å². The van der Waals surface area contributed by atoms with Gasteiger partial charge in [-0.3, -0.25) is 14.4 Å². The molecule has 40 heavy (non-hydrogen) atoms. The topological polar surface area (TPSA) is 105 Å². The van der Waals surface area contributed by atoms with Crippen molar-refractivity contribution in [2.75, 3.05) is 18.2 Å². The number of phenolic OH excluding ortho intramolecular Hbond substituents is 1. The maximum absolute atomic E-state index is 13.4. The van der Waals surface area contributed by atoms with E-state index < -0.39 is 11.8 Å². The van der Waals surface area contributed by atoms with Crippen LogP contribution in [0.5, 0.6) is 11.5 Å². The van der Waals surface area contributed by atoms with E-state index in [0.717, 1.165) is 10.5 Å². The Balaban J connectivity index is 1.53. The molecule has 4 aromatic carbocycles. The van der Waals surface area contributed by atoms with Gasteiger partial charge in [-0.2, -0.15) is 0 Å². The van der Waals surface area contributed by atoms with Crippen molar-refractivity contribution >= 4 is 41.1 Å². The molecule has 0 heterocycles. The van der Waals surface area contributed by atoms with Crippen molar-refractivity contribution in [3.05, 3.63) is 125 Å². The van der Waals surface area contributed by atoms with Crippen molar-refractivity contribution in [2.45, 2.75) is 11.8 Å². The fraction of sp³-hybridized carbons (Fsp3) is 0.0938. The Morgan fingerprint density at radius 2 is 1.62 bits per heavy atom. The van der Waals surface area contributed by atoms with E-state index in [2.05, 4.69) is 10.6 Å². The van der Waals surface area contributed by atoms with Crippen LogP contribution in [-0.4, -0.2) is 35.6 Å². The lowest BCUT2D eigenvalue weighted by Gasteiger charge is -2.13. The van der Waals surface area contributed by atoms with Gasteiger partial charge in [0, 0.05) is 33.3 Å². The zero-order valence-electron chi connectivity index (χ0n) is 22.0. The second-order valence-corrected chi connectivity index (χ2v) is 9.91. The van der Waals surface area contributed by atoms with E-state index in [1.54, 1.807) is 54.6 Å². The number of aryl methyl sites for hydroxylation is 1. The second kappa shape index (κ2) is 13.3. The molecule has 0 aromatic heterocycles. The SMILES string of the molecule is COc1cc(O)ccc1/C=C(\NC(=O)c1ccccc1)C(=O)Nc1cccc(SCC(=O)c2ccc(C)cc2)c1. The highest BCUT2D eigenvalue weighted by atomic mass is 32.2. The molecule has 0 saturated carbocycles. The maximum Gasteiger partial charge on any atom is 0.272 e. The summed E-state index contributed by atoms with van der Waals surface area (Å²) in [5.41, 5.74) is 3.08. The molecule has 8 heteroatoms. The number of anilines is 1. The van der Waals surface area contributed by atoms with Gasteiger partial charge in [0.2, 0.25) is 0 Å². The number of hydrogen-bond acceptors (Lipinski definition) is 6. The van der Waals surface area contributed by atoms with Crippen LogP contribution in [0, 0.1) is 6.92 Å². The number of hydrogen-bond donors (Lipinski definition) is 3. The lowest BCUT2D eigenvalue weighted by Crippen LogP contribution is -2.30. The number of thioether (sulfide) groups is 1. The number of carbonyl (C=O) groups is 3. The highest BCUT2D eigenvalue weighted by Gasteiger charge is 2.17. The molecule has 4 rings (SSSR count). The molecule has 0 aliphatic heterocycles. The summed E-state index contributed by atoms with van der Waals surface area (Å²) < 4.78 is 5.34. The number of nitrogens with one attached hydrogen (secondary N) is 2. The van der Waals surface area contributed by atoms with Gasteiger partial charge in [0.05, 0.1) is 12.9 Å². The van der Waals surface area contributed by atoms with Gasteiger partial charge < -0.3 is 20.5 Å². The molecule has 3 N–H and O–H groups in total. The second-order valence-electron chi connectivity index (χ2n) is 8.86. The Morgan fingerprint density at radius 1 is 0.875 bits per heavy atom. The molecular formula is C32H28N2O5S. The summed E-state index contributed by atoms with van der Waals surface area (Å²) in [4.78, 5) is 39.7. The number of Topliss-reactive ketones (excluding diaryl/α,β-unsaturated/α-hetero) is 1. The number of amides is 2. The van der Waals surface area contributed by atoms with Crippen LogP contribution in [0.25, 0.3) is 6.08 Å². The quantitative estimate of drug-likeness (QED) is 0.125. The van der Waals surface area contributed by atoms with Crippen LogP contribution in [0.3, 0.4) is 0 Å². The summed E-state index contributed by atoms with van der Waals surface area (Å²) in [7, 11) is 1.45. The highest BCUT2D eigenvalue weighted by Crippen LogP contribution is 2.27. The minimum Gasteiger partial charge on any atom is -0.508 e. The normalized spacial score (nSPS) is 11.0. The molecule has 4 aromatic rings. The number of ether oxygens (including phenoxy) is 1. The molecule has 0 bridgehead atoms. The fourth-order valence-electron chi connectivity index (χ4n) is 3.75. The Kier molecular flexibility index (Phi) is 9.38. The van der Waals surface area contributed by atoms with Crippen LogP contribution in [0.15, 0.2) is 108 Å². The zero-order chi connectivity index (χ0) is 28.5. The summed E-state index contributed by atoms with van der Waals surface area (Å²) in [5, 5.41) is 15.3. The third kappa shape index (κ3) is 7.61. The maximum atomic E-state index is 13.4. The Morgan fingerprint density at radius 3 is 2.35 bits per heavy atom. The Hall–Kier alpha value is -4.82. The first-order chi connectivity index (χ1) is 19.3. The van der Waals surface area contributed by atoms with Crippen LogP contribution in [0.2, 0.25) is 0 Å². The van der Waals surface area contributed by atoms with Gasteiger partial charge in [0.25, 0.3) is 11.8 Å². The van der Waals surface area contributed by atoms with Gasteiger partial charge in [-0.15, -0.1) is 11.8 Å². The van der Waals surface area contributed by atoms with E-state index in [9.17, 15) is 19.5 Å². The molecule has 0 fully saturated rings. The predicted octanol–water partition coefficient (Wildman–Crippen LogP) is 6.09. The molecule has 0 atom stereocenters. The summed E-state index contributed by atoms with van der Waals surface area (Å²) >= 11 is 1.37. The predicted molar refractivity (Wildman–Crippen MR) is 158 cm³/mol. The van der Waals surface area contributed by atoms with Crippen LogP contribution >= 0.6 is 11.8 Å². The van der Waals surface area contributed by atoms with E-state index in [-0.39, 0.29) is 23.0 Å². The minimum atomic E-state index is -0.558. The van der Waals surface area contributed by atoms with Crippen LogP contribution in [-0.2, 0) is 4.79 Å². The van der Waals surface area contributed by atoms with Gasteiger partial charge in [0.15, 0.2) is 5.78 Å². The average molecular weight is 553 g/mol. The van der Waals surface area contributed by atoms with Crippen molar-refractivity contribution in [3.8, 4) is 11.5 Å². The average Bonchev–Trinajstić information content (AvgIpc) is 2.97. The zero-order valence-corrected chi connectivity index (χ0v) is 22.8. The summed E-state index contributed by atoms with van der Waals surface area (Å²) in [6.07, 6.45) is 1.48. The van der Waals surface area contributed by atoms with Crippen LogP contribution in [0.4, 0.5) is 5.69 Å². The standard InChI is InChI=1S/C32H28N2O5S/c1-21-11-13-22(14-12-21)29(36)20-40-27-10-6-9-25(18-27)33-32(38)28(34-31(37)23-7-4-3-5-8-23)17-24-15-16-26(35)19-30(24)39-2/h3-19,35H,20H2,1-2H3,(H,33,38)(H,34,37)/b28-17-. The first kappa shape index (κ1) is 28.2. The fourth-order valence-corrected chi connectivity index (χ4v) is 4.60. The van der Waals surface area contributed by atoms with E-state index in [0.29, 0.717) is 28.1 Å². The third-order valence-electron chi connectivity index (χ3n) is 5.88. The first-order valence-corrected chi connectivity index (χ1v) is 13.4. The third-order valence-corrected chi connectivity index (χ3v) is 6.87. The highest BCUT2D eigenvalue weighted by molar-refractivity contribution is 8.00. The lowest BCUT2D eigenvalue weighted by atomic mass is 10.1. The summed E-state index contributed by atoms with van der Waals surface area (Å²) in [5.74, 6) is -0.425. The van der Waals surface area contributed by atoms with Crippen LogP contribution < -0.4 is 15.4 Å². The van der Waals surface area contributed by atoms with Gasteiger partial charge in [0.1, 0.15) is 17.2 Å². The van der Waals surface area contributed by atoms with Gasteiger partial charge in [-0.1, -0.05) is 54.1 Å². The van der Waals surface area contributed by atoms with Crippen LogP contribution in [0.1, 0.15) is 31.8 Å². The lowest BCUT2D eigenvalue weighted by molar-refractivity contribution is -0.113. The molecular weight excluding hydrogens is 524 g/mol. The molecule has 2 amide bonds. The minimum absolute atomic E-state index is 0.00324. The van der Waals surface area contributed by atoms with E-state index >= 15 is 0 Å². The van der Waals surface area contributed by atoms with E-state index in [4.69, 9.17) is 4.74 Å². The summed E-state index contributed by atoms with van der Waals surface area (Å²) in [6, 6.07) is 27.6. The van der Waals surface area contributed by atoms with Gasteiger partial charge >= 0.3 is 0 Å². The van der Waals surface area contributed by atoms with Gasteiger partial charge in [-0.25, -0.2) is 0 Å². The van der Waals surface area contributed by atoms with Crippen molar-refractivity contribution in [3.63, 3.8) is 0 Å². The molecule has 202 valence electrons. The monoisotopic (exact) mass is 552 g/mol. The first-order valence-electron chi connectivity index (χ1n) is 12.4. The molecule has 0 aliphatic rings. The Bertz CT molecular complexity index is 1550. The Labute approximate surface area is 236 Å². The molecule has 7 nitrogen and oxygen atoms in total. The van der Waals surface area contributed by atoms with E-state index in [1.165, 1.54) is 37.1 Å². The molecule has 0 aliphatic carbocycles. The molecule has 0 saturated heterocycles. The molecule has 0 unspecified atom stereocenters. The number of methoxy groups -OCH3 is 1. The van der Waals surface area contributed by atoms with Crippen molar-refractivity contribution < 1.29 is 24.2 Å². The number of aromatic hydroxyl groups is 1. The van der Waals surface area contributed by atoms with Crippen molar-refractivity contribution in [1.29, 1.82) is 0 Å². The van der Waals surface area contributed by atoms with Gasteiger partial charge in [-0.05, 0) is 55.5 Å².